The van der Waals surface area contributed by atoms with Crippen molar-refractivity contribution in [2.24, 2.45) is 0 Å². The molecule has 0 bridgehead atoms. The molecule has 0 unspecified atom stereocenters. The lowest BCUT2D eigenvalue weighted by molar-refractivity contribution is -0.0586. The monoisotopic (exact) mass is 287 g/mol. The number of hydrogen-bond acceptors (Lipinski definition) is 2. The minimum Gasteiger partial charge on any atom is -0.372 e. The van der Waals surface area contributed by atoms with E-state index >= 15 is 0 Å². The normalized spacial score (nSPS) is 24.1. The van der Waals surface area contributed by atoms with Crippen molar-refractivity contribution >= 4 is 29.1 Å². The van der Waals surface area contributed by atoms with E-state index in [4.69, 9.17) is 27.9 Å². The molecule has 2 rings (SSSR count). The van der Waals surface area contributed by atoms with Gasteiger partial charge in [0.2, 0.25) is 0 Å². The number of morpholine rings is 1. The van der Waals surface area contributed by atoms with Gasteiger partial charge in [-0.3, -0.25) is 4.79 Å². The summed E-state index contributed by atoms with van der Waals surface area (Å²) in [5, 5.41) is 0.945. The van der Waals surface area contributed by atoms with Gasteiger partial charge in [-0.2, -0.15) is 0 Å². The molecule has 0 saturated carbocycles. The average molecular weight is 288 g/mol. The SMILES string of the molecule is C[C@@H]1CN(C(=O)c2cc(Cl)cc(Cl)c2)C[C@H](C)O1. The lowest BCUT2D eigenvalue weighted by atomic mass is 10.1. The van der Waals surface area contributed by atoms with E-state index in [0.29, 0.717) is 28.7 Å². The molecule has 0 N–H and O–H groups in total. The number of halogens is 2. The smallest absolute Gasteiger partial charge is 0.254 e. The molecule has 1 saturated heterocycles. The maximum Gasteiger partial charge on any atom is 0.254 e. The summed E-state index contributed by atoms with van der Waals surface area (Å²) in [5.41, 5.74) is 0.522. The molecule has 1 aromatic rings. The zero-order chi connectivity index (χ0) is 13.3. The largest absolute Gasteiger partial charge is 0.372 e. The number of nitrogens with zero attached hydrogens (tertiary/aromatic N) is 1. The maximum atomic E-state index is 12.3. The van der Waals surface area contributed by atoms with Crippen molar-refractivity contribution in [1.82, 2.24) is 4.90 Å². The summed E-state index contributed by atoms with van der Waals surface area (Å²) in [6.45, 7) is 5.10. The fourth-order valence-electron chi connectivity index (χ4n) is 2.20. The Balaban J connectivity index is 2.20. The molecule has 18 heavy (non-hydrogen) atoms. The van der Waals surface area contributed by atoms with E-state index in [0.717, 1.165) is 0 Å². The number of carbonyl (C=O) groups is 1. The van der Waals surface area contributed by atoms with Crippen LogP contribution in [-0.2, 0) is 4.74 Å². The Morgan fingerprint density at radius 2 is 1.67 bits per heavy atom. The molecule has 0 aromatic heterocycles. The second-order valence-corrected chi connectivity index (χ2v) is 5.50. The first-order valence-electron chi connectivity index (χ1n) is 5.86. The Kier molecular flexibility index (Phi) is 4.15. The van der Waals surface area contributed by atoms with E-state index in [1.165, 1.54) is 0 Å². The van der Waals surface area contributed by atoms with Gasteiger partial charge < -0.3 is 9.64 Å². The van der Waals surface area contributed by atoms with E-state index in [1.807, 2.05) is 13.8 Å². The van der Waals surface area contributed by atoms with Crippen molar-refractivity contribution in [2.75, 3.05) is 13.1 Å². The van der Waals surface area contributed by atoms with E-state index in [9.17, 15) is 4.79 Å². The summed E-state index contributed by atoms with van der Waals surface area (Å²) in [5.74, 6) is -0.0543. The van der Waals surface area contributed by atoms with Crippen LogP contribution < -0.4 is 0 Å². The summed E-state index contributed by atoms with van der Waals surface area (Å²) in [6, 6.07) is 4.89. The van der Waals surface area contributed by atoms with Crippen LogP contribution in [0.2, 0.25) is 10.0 Å². The molecule has 5 heteroatoms. The van der Waals surface area contributed by atoms with Crippen LogP contribution >= 0.6 is 23.2 Å². The number of benzene rings is 1. The summed E-state index contributed by atoms with van der Waals surface area (Å²) in [7, 11) is 0. The number of amides is 1. The van der Waals surface area contributed by atoms with Crippen molar-refractivity contribution in [3.63, 3.8) is 0 Å². The van der Waals surface area contributed by atoms with Gasteiger partial charge >= 0.3 is 0 Å². The van der Waals surface area contributed by atoms with E-state index in [-0.39, 0.29) is 18.1 Å². The molecule has 2 atom stereocenters. The van der Waals surface area contributed by atoms with Gasteiger partial charge in [0.15, 0.2) is 0 Å². The van der Waals surface area contributed by atoms with Gasteiger partial charge in [-0.25, -0.2) is 0 Å². The van der Waals surface area contributed by atoms with Crippen LogP contribution in [0.15, 0.2) is 18.2 Å². The summed E-state index contributed by atoms with van der Waals surface area (Å²) >= 11 is 11.8. The topological polar surface area (TPSA) is 29.5 Å². The molecule has 3 nitrogen and oxygen atoms in total. The molecule has 1 fully saturated rings. The Hall–Kier alpha value is -0.770. The van der Waals surface area contributed by atoms with Crippen molar-refractivity contribution in [1.29, 1.82) is 0 Å². The van der Waals surface area contributed by atoms with Crippen molar-refractivity contribution in [3.8, 4) is 0 Å². The predicted octanol–water partition coefficient (Wildman–Crippen LogP) is 3.24. The van der Waals surface area contributed by atoms with Gasteiger partial charge in [-0.1, -0.05) is 23.2 Å². The minimum atomic E-state index is -0.0543. The number of rotatable bonds is 1. The minimum absolute atomic E-state index is 0.0485. The summed E-state index contributed by atoms with van der Waals surface area (Å²) < 4.78 is 5.60. The van der Waals surface area contributed by atoms with Crippen molar-refractivity contribution < 1.29 is 9.53 Å². The predicted molar refractivity (Wildman–Crippen MR) is 72.4 cm³/mol. The number of ether oxygens (including phenoxy) is 1. The lowest BCUT2D eigenvalue weighted by Crippen LogP contribution is -2.48. The number of carbonyl (C=O) groups excluding carboxylic acids is 1. The van der Waals surface area contributed by atoms with Gasteiger partial charge in [0, 0.05) is 28.7 Å². The molecular weight excluding hydrogens is 273 g/mol. The molecule has 1 aliphatic heterocycles. The van der Waals surface area contributed by atoms with Crippen LogP contribution in [0.4, 0.5) is 0 Å². The first-order chi connectivity index (χ1) is 8.45. The van der Waals surface area contributed by atoms with Gasteiger partial charge in [-0.05, 0) is 32.0 Å². The number of hydrogen-bond donors (Lipinski definition) is 0. The van der Waals surface area contributed by atoms with E-state index in [1.54, 1.807) is 23.1 Å². The summed E-state index contributed by atoms with van der Waals surface area (Å²) in [4.78, 5) is 14.1. The van der Waals surface area contributed by atoms with Gasteiger partial charge in [0.05, 0.1) is 12.2 Å². The highest BCUT2D eigenvalue weighted by Crippen LogP contribution is 2.21. The van der Waals surface area contributed by atoms with Gasteiger partial charge in [0.25, 0.3) is 5.91 Å². The van der Waals surface area contributed by atoms with Crippen LogP contribution in [0.1, 0.15) is 24.2 Å². The first kappa shape index (κ1) is 13.7. The Labute approximate surface area is 117 Å². The quantitative estimate of drug-likeness (QED) is 0.794. The summed E-state index contributed by atoms with van der Waals surface area (Å²) in [6.07, 6.45) is 0.0970. The third-order valence-corrected chi connectivity index (χ3v) is 3.25. The molecule has 98 valence electrons. The fraction of sp³-hybridized carbons (Fsp3) is 0.462. The Morgan fingerprint density at radius 1 is 1.17 bits per heavy atom. The molecule has 0 radical (unpaired) electrons. The second-order valence-electron chi connectivity index (χ2n) is 4.63. The van der Waals surface area contributed by atoms with E-state index < -0.39 is 0 Å². The molecule has 1 heterocycles. The maximum absolute atomic E-state index is 12.3. The molecular formula is C13H15Cl2NO2. The van der Waals surface area contributed by atoms with Crippen LogP contribution in [0.25, 0.3) is 0 Å². The van der Waals surface area contributed by atoms with Crippen LogP contribution in [-0.4, -0.2) is 36.1 Å². The zero-order valence-electron chi connectivity index (χ0n) is 10.3. The van der Waals surface area contributed by atoms with E-state index in [2.05, 4.69) is 0 Å². The third kappa shape index (κ3) is 3.16. The zero-order valence-corrected chi connectivity index (χ0v) is 11.8. The highest BCUT2D eigenvalue weighted by Gasteiger charge is 2.26. The molecule has 0 spiro atoms. The highest BCUT2D eigenvalue weighted by molar-refractivity contribution is 6.35. The van der Waals surface area contributed by atoms with Gasteiger partial charge in [-0.15, -0.1) is 0 Å². The van der Waals surface area contributed by atoms with Gasteiger partial charge in [0.1, 0.15) is 0 Å². The average Bonchev–Trinajstić information content (AvgIpc) is 2.25. The molecule has 1 aromatic carbocycles. The molecule has 1 aliphatic rings. The van der Waals surface area contributed by atoms with Crippen LogP contribution in [0, 0.1) is 0 Å². The third-order valence-electron chi connectivity index (χ3n) is 2.82. The Morgan fingerprint density at radius 3 is 2.17 bits per heavy atom. The highest BCUT2D eigenvalue weighted by atomic mass is 35.5. The molecule has 0 aliphatic carbocycles. The van der Waals surface area contributed by atoms with Crippen molar-refractivity contribution in [3.05, 3.63) is 33.8 Å². The standard InChI is InChI=1S/C13H15Cl2NO2/c1-8-6-16(7-9(2)18-8)13(17)10-3-11(14)5-12(15)4-10/h3-5,8-9H,6-7H2,1-2H3/t8-,9+. The molecule has 1 amide bonds. The second kappa shape index (κ2) is 5.47. The lowest BCUT2D eigenvalue weighted by Gasteiger charge is -2.35. The Bertz CT molecular complexity index is 434. The van der Waals surface area contributed by atoms with Crippen LogP contribution in [0.3, 0.4) is 0 Å². The fourth-order valence-corrected chi connectivity index (χ4v) is 2.73. The first-order valence-corrected chi connectivity index (χ1v) is 6.62. The van der Waals surface area contributed by atoms with Crippen LogP contribution in [0.5, 0.6) is 0 Å². The van der Waals surface area contributed by atoms with Crippen molar-refractivity contribution in [2.45, 2.75) is 26.1 Å².